The Balaban J connectivity index is 0.00000122. The Morgan fingerprint density at radius 3 is 1.52 bits per heavy atom. The van der Waals surface area contributed by atoms with Gasteiger partial charge in [-0.2, -0.15) is 23.4 Å². The number of rotatable bonds is 5. The summed E-state index contributed by atoms with van der Waals surface area (Å²) >= 11 is 0.569. The monoisotopic (exact) mass is 391 g/mol. The van der Waals surface area contributed by atoms with Crippen LogP contribution in [0.5, 0.6) is 0 Å². The van der Waals surface area contributed by atoms with Crippen molar-refractivity contribution in [3.05, 3.63) is 29.3 Å². The van der Waals surface area contributed by atoms with E-state index in [1.807, 2.05) is 0 Å². The summed E-state index contributed by atoms with van der Waals surface area (Å²) in [4.78, 5) is 4.42. The van der Waals surface area contributed by atoms with E-state index in [0.29, 0.717) is 12.7 Å². The van der Waals surface area contributed by atoms with Crippen LogP contribution in [0.25, 0.3) is 0 Å². The quantitative estimate of drug-likeness (QED) is 0.558. The topological polar surface area (TPSA) is 6.48 Å². The van der Waals surface area contributed by atoms with Crippen molar-refractivity contribution < 1.29 is 12.7 Å². The molecule has 0 saturated heterocycles. The van der Waals surface area contributed by atoms with Gasteiger partial charge in [0.25, 0.3) is 0 Å². The van der Waals surface area contributed by atoms with E-state index in [4.69, 9.17) is 20.4 Å². The normalized spacial score (nSPS) is 11.8. The Hall–Kier alpha value is 0.430. The van der Waals surface area contributed by atoms with Gasteiger partial charge in [0, 0.05) is 13.1 Å². The zero-order valence-electron chi connectivity index (χ0n) is 14.0. The maximum absolute atomic E-state index is 4.70. The predicted octanol–water partition coefficient (Wildman–Crippen LogP) is 3.53. The van der Waals surface area contributed by atoms with Crippen LogP contribution in [0.15, 0.2) is 12.1 Å². The third-order valence-electron chi connectivity index (χ3n) is 2.82. The summed E-state index contributed by atoms with van der Waals surface area (Å²) in [7, 11) is 16.6. The molecule has 0 aliphatic carbocycles. The number of benzene rings is 1. The minimum absolute atomic E-state index is 0.569. The van der Waals surface area contributed by atoms with Gasteiger partial charge in [0.1, 0.15) is 0 Å². The van der Waals surface area contributed by atoms with Crippen LogP contribution in [0.2, 0.25) is 19.6 Å². The van der Waals surface area contributed by atoms with Crippen molar-refractivity contribution in [2.45, 2.75) is 32.7 Å². The van der Waals surface area contributed by atoms with Crippen molar-refractivity contribution in [2.24, 2.45) is 0 Å². The van der Waals surface area contributed by atoms with Crippen molar-refractivity contribution >= 4 is 33.6 Å². The summed E-state index contributed by atoms with van der Waals surface area (Å²) < 4.78 is 0. The molecule has 0 unspecified atom stereocenters. The van der Waals surface area contributed by atoms with Crippen LogP contribution in [-0.4, -0.2) is 46.1 Å². The summed E-state index contributed by atoms with van der Waals surface area (Å²) in [5.41, 5.74) is 2.63. The van der Waals surface area contributed by atoms with Crippen LogP contribution in [0.1, 0.15) is 11.1 Å². The molecule has 126 valence electrons. The van der Waals surface area contributed by atoms with Crippen molar-refractivity contribution in [3.63, 3.8) is 0 Å². The minimum atomic E-state index is -1.26. The predicted molar refractivity (Wildman–Crippen MR) is 94.7 cm³/mol. The molecular weight excluding hydrogens is 366 g/mol. The van der Waals surface area contributed by atoms with Crippen LogP contribution >= 0.6 is 20.4 Å². The SMILES string of the molecule is CN(C)Cc1[c-]c(CN(C)C)cc([Si](C)(C)C)c1.[Cl][Ni][Cl]. The molecule has 0 saturated carbocycles. The van der Waals surface area contributed by atoms with Crippen LogP contribution in [-0.2, 0) is 25.7 Å². The fraction of sp³-hybridized carbons (Fsp3) is 0.600. The first-order valence-electron chi connectivity index (χ1n) is 6.77. The molecule has 21 heavy (non-hydrogen) atoms. The molecule has 0 aromatic heterocycles. The zero-order chi connectivity index (χ0) is 16.6. The molecule has 1 aromatic carbocycles. The van der Waals surface area contributed by atoms with E-state index in [9.17, 15) is 0 Å². The fourth-order valence-electron chi connectivity index (χ4n) is 1.98. The number of hydrogen-bond donors (Lipinski definition) is 0. The van der Waals surface area contributed by atoms with E-state index >= 15 is 0 Å². The Kier molecular flexibility index (Phi) is 10.5. The summed E-state index contributed by atoms with van der Waals surface area (Å²) in [5.74, 6) is 0. The third-order valence-corrected chi connectivity index (χ3v) is 4.84. The molecule has 0 heterocycles. The molecule has 0 bridgehead atoms. The average Bonchev–Trinajstić information content (AvgIpc) is 2.26. The fourth-order valence-corrected chi connectivity index (χ4v) is 3.19. The van der Waals surface area contributed by atoms with E-state index in [2.05, 4.69) is 75.8 Å². The first kappa shape index (κ1) is 21.4. The van der Waals surface area contributed by atoms with Crippen molar-refractivity contribution in [1.82, 2.24) is 9.80 Å². The van der Waals surface area contributed by atoms with Gasteiger partial charge in [0.05, 0.1) is 8.07 Å². The summed E-state index contributed by atoms with van der Waals surface area (Å²) in [5, 5.41) is 1.54. The number of nitrogens with zero attached hydrogens (tertiary/aromatic N) is 2. The Morgan fingerprint density at radius 2 is 1.29 bits per heavy atom. The standard InChI is InChI=1S/C15H27N2Si.2ClH.Ni/c1-16(2)11-13-8-14(12-17(3)4)10-15(9-13)18(5,6)7;;;/h9-10H,11-12H2,1-7H3;2*1H;/q-1;;;+2/p-2. The van der Waals surface area contributed by atoms with Gasteiger partial charge in [-0.1, -0.05) is 19.6 Å². The van der Waals surface area contributed by atoms with Gasteiger partial charge in [-0.25, -0.2) is 0 Å². The van der Waals surface area contributed by atoms with Gasteiger partial charge < -0.3 is 9.80 Å². The summed E-state index contributed by atoms with van der Waals surface area (Å²) in [6, 6.07) is 8.26. The van der Waals surface area contributed by atoms with E-state index in [1.165, 1.54) is 16.3 Å². The van der Waals surface area contributed by atoms with Gasteiger partial charge in [0.2, 0.25) is 0 Å². The summed E-state index contributed by atoms with van der Waals surface area (Å²) in [6.07, 6.45) is 0. The van der Waals surface area contributed by atoms with Crippen molar-refractivity contribution in [3.8, 4) is 0 Å². The Bertz CT molecular complexity index is 392. The number of halogens is 2. The molecular formula is C15H27Cl2N2NiSi-. The van der Waals surface area contributed by atoms with Crippen LogP contribution < -0.4 is 5.19 Å². The molecule has 1 rings (SSSR count). The van der Waals surface area contributed by atoms with Gasteiger partial charge in [-0.05, 0) is 28.2 Å². The molecule has 6 heteroatoms. The zero-order valence-corrected chi connectivity index (χ0v) is 17.5. The van der Waals surface area contributed by atoms with E-state index in [0.717, 1.165) is 13.1 Å². The van der Waals surface area contributed by atoms with Gasteiger partial charge >= 0.3 is 33.0 Å². The van der Waals surface area contributed by atoms with Gasteiger partial charge in [-0.3, -0.25) is 0 Å². The van der Waals surface area contributed by atoms with Crippen LogP contribution in [0.4, 0.5) is 0 Å². The molecule has 2 nitrogen and oxygen atoms in total. The second kappa shape index (κ2) is 10.3. The van der Waals surface area contributed by atoms with E-state index in [-0.39, 0.29) is 0 Å². The molecule has 0 aliphatic heterocycles. The molecule has 0 atom stereocenters. The molecule has 1 aromatic rings. The number of hydrogen-bond acceptors (Lipinski definition) is 2. The average molecular weight is 393 g/mol. The molecule has 0 amide bonds. The second-order valence-electron chi connectivity index (χ2n) is 6.69. The van der Waals surface area contributed by atoms with Gasteiger partial charge in [0.15, 0.2) is 0 Å². The van der Waals surface area contributed by atoms with Crippen molar-refractivity contribution in [2.75, 3.05) is 28.2 Å². The van der Waals surface area contributed by atoms with Crippen LogP contribution in [0.3, 0.4) is 0 Å². The first-order valence-corrected chi connectivity index (χ1v) is 13.0. The summed E-state index contributed by atoms with van der Waals surface area (Å²) in [6.45, 7) is 9.15. The molecule has 0 spiro atoms. The van der Waals surface area contributed by atoms with E-state index in [1.54, 1.807) is 0 Å². The molecule has 0 aliphatic rings. The maximum atomic E-state index is 4.70. The Labute approximate surface area is 146 Å². The van der Waals surface area contributed by atoms with Crippen molar-refractivity contribution in [1.29, 1.82) is 0 Å². The molecule has 0 radical (unpaired) electrons. The third kappa shape index (κ3) is 9.93. The molecule has 0 fully saturated rings. The van der Waals surface area contributed by atoms with E-state index < -0.39 is 8.07 Å². The first-order chi connectivity index (χ1) is 9.59. The van der Waals surface area contributed by atoms with Crippen LogP contribution in [0, 0.1) is 6.07 Å². The van der Waals surface area contributed by atoms with Gasteiger partial charge in [-0.15, -0.1) is 11.1 Å². The molecule has 0 N–H and O–H groups in total. The Morgan fingerprint density at radius 1 is 0.952 bits per heavy atom. The second-order valence-corrected chi connectivity index (χ2v) is 13.4.